The summed E-state index contributed by atoms with van der Waals surface area (Å²) in [6.45, 7) is 2.48. The largest absolute Gasteiger partial charge is 0.359 e. The Morgan fingerprint density at radius 1 is 1.48 bits per heavy atom. The number of carbonyl (C=O) groups excluding carboxylic acids is 2. The molecule has 0 radical (unpaired) electrons. The number of hydrogen-bond donors (Lipinski definition) is 1. The van der Waals surface area contributed by atoms with Crippen LogP contribution in [0.25, 0.3) is 0 Å². The monoisotopic (exact) mass is 377 g/mol. The second-order valence-electron chi connectivity index (χ2n) is 5.54. The van der Waals surface area contributed by atoms with Crippen LogP contribution in [0.15, 0.2) is 39.3 Å². The van der Waals surface area contributed by atoms with Crippen molar-refractivity contribution in [3.8, 4) is 0 Å². The summed E-state index contributed by atoms with van der Waals surface area (Å²) >= 11 is 3.39. The second-order valence-corrected chi connectivity index (χ2v) is 6.45. The minimum atomic E-state index is -0.356. The molecule has 2 heterocycles. The molecule has 1 unspecified atom stereocenters. The molecule has 2 amide bonds. The van der Waals surface area contributed by atoms with Gasteiger partial charge in [-0.3, -0.25) is 9.59 Å². The number of nitrogens with one attached hydrogen (secondary N) is 1. The summed E-state index contributed by atoms with van der Waals surface area (Å²) in [6.07, 6.45) is 0.216. The Morgan fingerprint density at radius 2 is 2.30 bits per heavy atom. The van der Waals surface area contributed by atoms with E-state index in [0.29, 0.717) is 12.3 Å². The molecule has 7 heteroatoms. The van der Waals surface area contributed by atoms with Gasteiger partial charge in [0.05, 0.1) is 18.2 Å². The Hall–Kier alpha value is -2.15. The van der Waals surface area contributed by atoms with Gasteiger partial charge in [-0.05, 0) is 25.1 Å². The van der Waals surface area contributed by atoms with Crippen LogP contribution in [0.1, 0.15) is 17.9 Å². The van der Waals surface area contributed by atoms with Crippen molar-refractivity contribution in [2.24, 2.45) is 5.92 Å². The molecule has 1 atom stereocenters. The minimum Gasteiger partial charge on any atom is -0.359 e. The first kappa shape index (κ1) is 15.7. The lowest BCUT2D eigenvalue weighted by molar-refractivity contribution is -0.126. The summed E-state index contributed by atoms with van der Waals surface area (Å²) in [6, 6.07) is 9.27. The third-order valence-electron chi connectivity index (χ3n) is 3.73. The van der Waals surface area contributed by atoms with Gasteiger partial charge in [-0.1, -0.05) is 27.2 Å². The Kier molecular flexibility index (Phi) is 4.47. The zero-order chi connectivity index (χ0) is 16.4. The lowest BCUT2D eigenvalue weighted by atomic mass is 10.1. The Morgan fingerprint density at radius 3 is 3.00 bits per heavy atom. The van der Waals surface area contributed by atoms with Gasteiger partial charge in [0.1, 0.15) is 0 Å². The van der Waals surface area contributed by atoms with E-state index in [0.717, 1.165) is 15.9 Å². The number of aromatic nitrogens is 1. The van der Waals surface area contributed by atoms with Crippen molar-refractivity contribution < 1.29 is 14.1 Å². The predicted molar refractivity (Wildman–Crippen MR) is 87.7 cm³/mol. The number of aryl methyl sites for hydroxylation is 1. The molecular formula is C16H16BrN3O3. The number of nitrogens with zero attached hydrogens (tertiary/aromatic N) is 2. The molecule has 0 aliphatic carbocycles. The van der Waals surface area contributed by atoms with E-state index in [9.17, 15) is 9.59 Å². The van der Waals surface area contributed by atoms with Gasteiger partial charge in [-0.25, -0.2) is 0 Å². The average Bonchev–Trinajstić information content (AvgIpc) is 3.11. The number of hydrogen-bond acceptors (Lipinski definition) is 4. The van der Waals surface area contributed by atoms with Gasteiger partial charge in [0.25, 0.3) is 0 Å². The van der Waals surface area contributed by atoms with Crippen LogP contribution in [0.4, 0.5) is 5.69 Å². The molecule has 1 aliphatic rings. The summed E-state index contributed by atoms with van der Waals surface area (Å²) < 4.78 is 5.95. The number of carbonyl (C=O) groups is 2. The topological polar surface area (TPSA) is 75.4 Å². The van der Waals surface area contributed by atoms with Gasteiger partial charge < -0.3 is 14.7 Å². The van der Waals surface area contributed by atoms with Crippen molar-refractivity contribution in [3.63, 3.8) is 0 Å². The van der Waals surface area contributed by atoms with Crippen LogP contribution < -0.4 is 10.2 Å². The summed E-state index contributed by atoms with van der Waals surface area (Å²) in [4.78, 5) is 26.1. The second kappa shape index (κ2) is 6.54. The van der Waals surface area contributed by atoms with E-state index in [-0.39, 0.29) is 30.7 Å². The van der Waals surface area contributed by atoms with E-state index in [1.54, 1.807) is 11.0 Å². The van der Waals surface area contributed by atoms with E-state index < -0.39 is 0 Å². The molecule has 23 heavy (non-hydrogen) atoms. The van der Waals surface area contributed by atoms with E-state index in [4.69, 9.17) is 4.52 Å². The summed E-state index contributed by atoms with van der Waals surface area (Å²) in [5.41, 5.74) is 1.57. The number of amides is 2. The molecule has 1 N–H and O–H groups in total. The van der Waals surface area contributed by atoms with E-state index >= 15 is 0 Å². The summed E-state index contributed by atoms with van der Waals surface area (Å²) in [5.74, 6) is 0.0539. The smallest absolute Gasteiger partial charge is 0.227 e. The first-order valence-electron chi connectivity index (χ1n) is 7.29. The molecule has 6 nitrogen and oxygen atoms in total. The maximum Gasteiger partial charge on any atom is 0.227 e. The van der Waals surface area contributed by atoms with Crippen molar-refractivity contribution in [2.75, 3.05) is 11.4 Å². The van der Waals surface area contributed by atoms with Crippen LogP contribution in [-0.4, -0.2) is 23.5 Å². The molecule has 120 valence electrons. The highest BCUT2D eigenvalue weighted by molar-refractivity contribution is 9.10. The number of rotatable bonds is 4. The highest BCUT2D eigenvalue weighted by Crippen LogP contribution is 2.27. The van der Waals surface area contributed by atoms with Crippen LogP contribution >= 0.6 is 15.9 Å². The average molecular weight is 378 g/mol. The standard InChI is InChI=1S/C16H16BrN3O3/c1-10-5-14(23-19-10)8-18-16(22)11-6-15(21)20(9-11)13-4-2-3-12(17)7-13/h2-5,7,11H,6,8-9H2,1H3,(H,18,22). The molecule has 1 saturated heterocycles. The van der Waals surface area contributed by atoms with Gasteiger partial charge in [-0.2, -0.15) is 0 Å². The van der Waals surface area contributed by atoms with Gasteiger partial charge in [-0.15, -0.1) is 0 Å². The first-order valence-corrected chi connectivity index (χ1v) is 8.08. The number of anilines is 1. The third kappa shape index (κ3) is 3.61. The fraction of sp³-hybridized carbons (Fsp3) is 0.312. The fourth-order valence-corrected chi connectivity index (χ4v) is 2.98. The zero-order valence-electron chi connectivity index (χ0n) is 12.6. The summed E-state index contributed by atoms with van der Waals surface area (Å²) in [5, 5.41) is 6.57. The van der Waals surface area contributed by atoms with Gasteiger partial charge >= 0.3 is 0 Å². The van der Waals surface area contributed by atoms with Crippen LogP contribution in [0.3, 0.4) is 0 Å². The van der Waals surface area contributed by atoms with Crippen molar-refractivity contribution in [1.29, 1.82) is 0 Å². The normalized spacial score (nSPS) is 17.6. The molecule has 1 aromatic carbocycles. The molecule has 1 aliphatic heterocycles. The lowest BCUT2D eigenvalue weighted by Gasteiger charge is -2.16. The van der Waals surface area contributed by atoms with E-state index in [1.165, 1.54) is 0 Å². The molecular weight excluding hydrogens is 362 g/mol. The maximum atomic E-state index is 12.3. The van der Waals surface area contributed by atoms with Crippen LogP contribution in [-0.2, 0) is 16.1 Å². The predicted octanol–water partition coefficient (Wildman–Crippen LogP) is 2.41. The third-order valence-corrected chi connectivity index (χ3v) is 4.22. The first-order chi connectivity index (χ1) is 11.0. The van der Waals surface area contributed by atoms with Gasteiger partial charge in [0.15, 0.2) is 5.76 Å². The van der Waals surface area contributed by atoms with Crippen LogP contribution in [0, 0.1) is 12.8 Å². The van der Waals surface area contributed by atoms with Gasteiger partial charge in [0.2, 0.25) is 11.8 Å². The lowest BCUT2D eigenvalue weighted by Crippen LogP contribution is -2.32. The fourth-order valence-electron chi connectivity index (χ4n) is 2.59. The quantitative estimate of drug-likeness (QED) is 0.887. The molecule has 0 spiro atoms. The highest BCUT2D eigenvalue weighted by atomic mass is 79.9. The Balaban J connectivity index is 1.61. The number of halogens is 1. The van der Waals surface area contributed by atoms with Crippen LogP contribution in [0.5, 0.6) is 0 Å². The Labute approximate surface area is 142 Å². The van der Waals surface area contributed by atoms with Crippen molar-refractivity contribution in [1.82, 2.24) is 10.5 Å². The highest BCUT2D eigenvalue weighted by Gasteiger charge is 2.35. The zero-order valence-corrected chi connectivity index (χ0v) is 14.2. The Bertz CT molecular complexity index is 744. The molecule has 3 rings (SSSR count). The molecule has 0 saturated carbocycles. The van der Waals surface area contributed by atoms with Crippen molar-refractivity contribution >= 4 is 33.4 Å². The van der Waals surface area contributed by atoms with E-state index in [1.807, 2.05) is 31.2 Å². The molecule has 1 fully saturated rings. The molecule has 0 bridgehead atoms. The summed E-state index contributed by atoms with van der Waals surface area (Å²) in [7, 11) is 0. The molecule has 2 aromatic rings. The molecule has 1 aromatic heterocycles. The number of benzene rings is 1. The minimum absolute atomic E-state index is 0.0428. The maximum absolute atomic E-state index is 12.3. The van der Waals surface area contributed by atoms with Gasteiger partial charge in [0, 0.05) is 29.2 Å². The SMILES string of the molecule is Cc1cc(CNC(=O)C2CC(=O)N(c3cccc(Br)c3)C2)on1. The van der Waals surface area contributed by atoms with Crippen molar-refractivity contribution in [2.45, 2.75) is 19.9 Å². The van der Waals surface area contributed by atoms with Crippen LogP contribution in [0.2, 0.25) is 0 Å². The van der Waals surface area contributed by atoms with E-state index in [2.05, 4.69) is 26.4 Å². The van der Waals surface area contributed by atoms with Crippen molar-refractivity contribution in [3.05, 3.63) is 46.3 Å².